The lowest BCUT2D eigenvalue weighted by molar-refractivity contribution is 0.126. The van der Waals surface area contributed by atoms with Gasteiger partial charge in [0.15, 0.2) is 0 Å². The average Bonchev–Trinajstić information content (AvgIpc) is 2.32. The number of hydrogen-bond acceptors (Lipinski definition) is 2. The van der Waals surface area contributed by atoms with E-state index in [0.29, 0.717) is 12.0 Å². The molecule has 1 aromatic carbocycles. The van der Waals surface area contributed by atoms with Gasteiger partial charge in [0, 0.05) is 13.1 Å². The number of benzene rings is 1. The van der Waals surface area contributed by atoms with Gasteiger partial charge < -0.3 is 5.73 Å². The van der Waals surface area contributed by atoms with Crippen molar-refractivity contribution in [2.45, 2.75) is 39.8 Å². The minimum Gasteiger partial charge on any atom is -0.326 e. The first kappa shape index (κ1) is 13.5. The molecule has 0 saturated carbocycles. The smallest absolute Gasteiger partial charge is 0.123 e. The summed E-state index contributed by atoms with van der Waals surface area (Å²) in [6.07, 6.45) is 2.42. The Kier molecular flexibility index (Phi) is 4.03. The topological polar surface area (TPSA) is 29.3 Å². The van der Waals surface area contributed by atoms with Crippen LogP contribution in [0.4, 0.5) is 4.39 Å². The van der Waals surface area contributed by atoms with Gasteiger partial charge in [0.25, 0.3) is 0 Å². The van der Waals surface area contributed by atoms with Gasteiger partial charge in [0.2, 0.25) is 0 Å². The van der Waals surface area contributed by atoms with Crippen molar-refractivity contribution in [2.75, 3.05) is 13.1 Å². The van der Waals surface area contributed by atoms with E-state index >= 15 is 0 Å². The van der Waals surface area contributed by atoms with Crippen LogP contribution in [0.15, 0.2) is 18.2 Å². The highest BCUT2D eigenvalue weighted by atomic mass is 19.1. The summed E-state index contributed by atoms with van der Waals surface area (Å²) in [5.74, 6) is -0.167. The van der Waals surface area contributed by atoms with Crippen LogP contribution in [0.1, 0.15) is 37.8 Å². The summed E-state index contributed by atoms with van der Waals surface area (Å²) in [5, 5.41) is 0. The first-order chi connectivity index (χ1) is 8.50. The zero-order chi connectivity index (χ0) is 13.2. The fourth-order valence-corrected chi connectivity index (χ4v) is 2.50. The molecule has 0 bridgehead atoms. The molecule has 0 amide bonds. The predicted octanol–water partition coefficient (Wildman–Crippen LogP) is 2.91. The van der Waals surface area contributed by atoms with E-state index in [2.05, 4.69) is 18.7 Å². The molecule has 1 aromatic rings. The maximum absolute atomic E-state index is 13.3. The van der Waals surface area contributed by atoms with Gasteiger partial charge in [0.05, 0.1) is 0 Å². The fraction of sp³-hybridized carbons (Fsp3) is 0.600. The Morgan fingerprint density at radius 2 is 1.89 bits per heavy atom. The molecule has 1 fully saturated rings. The van der Waals surface area contributed by atoms with Crippen molar-refractivity contribution in [3.05, 3.63) is 35.1 Å². The second-order valence-electron chi connectivity index (χ2n) is 6.06. The maximum Gasteiger partial charge on any atom is 0.123 e. The van der Waals surface area contributed by atoms with Crippen LogP contribution in [0, 0.1) is 11.2 Å². The molecule has 0 radical (unpaired) electrons. The van der Waals surface area contributed by atoms with Gasteiger partial charge in [-0.25, -0.2) is 4.39 Å². The highest BCUT2D eigenvalue weighted by Crippen LogP contribution is 2.30. The van der Waals surface area contributed by atoms with Crippen molar-refractivity contribution >= 4 is 0 Å². The zero-order valence-corrected chi connectivity index (χ0v) is 11.4. The summed E-state index contributed by atoms with van der Waals surface area (Å²) in [4.78, 5) is 2.40. The normalized spacial score (nSPS) is 20.0. The number of halogens is 1. The second-order valence-corrected chi connectivity index (χ2v) is 6.06. The minimum absolute atomic E-state index is 0.167. The first-order valence-corrected chi connectivity index (χ1v) is 6.70. The summed E-state index contributed by atoms with van der Waals surface area (Å²) < 4.78 is 13.3. The molecule has 2 N–H and O–H groups in total. The van der Waals surface area contributed by atoms with E-state index in [-0.39, 0.29) is 5.82 Å². The predicted molar refractivity (Wildman–Crippen MR) is 72.6 cm³/mol. The molecule has 0 unspecified atom stereocenters. The SMILES string of the molecule is CC1(C)CCN(Cc2cc(F)ccc2CN)CC1. The molecule has 3 heteroatoms. The highest BCUT2D eigenvalue weighted by Gasteiger charge is 2.25. The average molecular weight is 250 g/mol. The summed E-state index contributed by atoms with van der Waals surface area (Å²) >= 11 is 0. The molecule has 1 saturated heterocycles. The lowest BCUT2D eigenvalue weighted by Crippen LogP contribution is -2.37. The Labute approximate surface area is 109 Å². The summed E-state index contributed by atoms with van der Waals surface area (Å²) in [5.41, 5.74) is 8.26. The molecular formula is C15H23FN2. The van der Waals surface area contributed by atoms with Crippen molar-refractivity contribution < 1.29 is 4.39 Å². The van der Waals surface area contributed by atoms with Crippen molar-refractivity contribution in [1.29, 1.82) is 0 Å². The highest BCUT2D eigenvalue weighted by molar-refractivity contribution is 5.27. The largest absolute Gasteiger partial charge is 0.326 e. The second kappa shape index (κ2) is 5.37. The van der Waals surface area contributed by atoms with Crippen molar-refractivity contribution in [3.8, 4) is 0 Å². The quantitative estimate of drug-likeness (QED) is 0.893. The van der Waals surface area contributed by atoms with Crippen molar-refractivity contribution in [2.24, 2.45) is 11.1 Å². The monoisotopic (exact) mass is 250 g/mol. The molecule has 1 heterocycles. The maximum atomic E-state index is 13.3. The molecule has 1 aliphatic rings. The van der Waals surface area contributed by atoms with Gasteiger partial charge in [-0.2, -0.15) is 0 Å². The van der Waals surface area contributed by atoms with Crippen LogP contribution in [0.25, 0.3) is 0 Å². The molecule has 2 nitrogen and oxygen atoms in total. The van der Waals surface area contributed by atoms with Gasteiger partial charge in [0.1, 0.15) is 5.82 Å². The van der Waals surface area contributed by atoms with Crippen LogP contribution in [0.5, 0.6) is 0 Å². The van der Waals surface area contributed by atoms with Crippen molar-refractivity contribution in [3.63, 3.8) is 0 Å². The zero-order valence-electron chi connectivity index (χ0n) is 11.4. The Bertz CT molecular complexity index is 405. The lowest BCUT2D eigenvalue weighted by Gasteiger charge is -2.37. The van der Waals surface area contributed by atoms with E-state index in [1.165, 1.54) is 18.9 Å². The van der Waals surface area contributed by atoms with Crippen molar-refractivity contribution in [1.82, 2.24) is 4.90 Å². The lowest BCUT2D eigenvalue weighted by atomic mass is 9.82. The van der Waals surface area contributed by atoms with E-state index in [9.17, 15) is 4.39 Å². The number of likely N-dealkylation sites (tertiary alicyclic amines) is 1. The van der Waals surface area contributed by atoms with Crippen LogP contribution in [-0.4, -0.2) is 18.0 Å². The fourth-order valence-electron chi connectivity index (χ4n) is 2.50. The number of nitrogens with zero attached hydrogens (tertiary/aromatic N) is 1. The van der Waals surface area contributed by atoms with Gasteiger partial charge >= 0.3 is 0 Å². The van der Waals surface area contributed by atoms with Crippen LogP contribution < -0.4 is 5.73 Å². The third kappa shape index (κ3) is 3.30. The van der Waals surface area contributed by atoms with Crippen LogP contribution in [-0.2, 0) is 13.1 Å². The standard InChI is InChI=1S/C15H23FN2/c1-15(2)5-7-18(8-6-15)11-13-9-14(16)4-3-12(13)10-17/h3-4,9H,5-8,10-11,17H2,1-2H3. The van der Waals surface area contributed by atoms with E-state index in [1.807, 2.05) is 0 Å². The van der Waals surface area contributed by atoms with E-state index < -0.39 is 0 Å². The van der Waals surface area contributed by atoms with E-state index in [1.54, 1.807) is 12.1 Å². The Balaban J connectivity index is 2.04. The van der Waals surface area contributed by atoms with Crippen LogP contribution in [0.3, 0.4) is 0 Å². The molecule has 2 rings (SSSR count). The van der Waals surface area contributed by atoms with E-state index in [4.69, 9.17) is 5.73 Å². The number of piperidine rings is 1. The van der Waals surface area contributed by atoms with Gasteiger partial charge in [-0.1, -0.05) is 19.9 Å². The minimum atomic E-state index is -0.167. The molecule has 0 aromatic heterocycles. The number of hydrogen-bond donors (Lipinski definition) is 1. The Hall–Kier alpha value is -0.930. The third-order valence-electron chi connectivity index (χ3n) is 3.99. The molecule has 0 atom stereocenters. The Morgan fingerprint density at radius 1 is 1.22 bits per heavy atom. The Morgan fingerprint density at radius 3 is 2.50 bits per heavy atom. The molecular weight excluding hydrogens is 227 g/mol. The van der Waals surface area contributed by atoms with Crippen LogP contribution in [0.2, 0.25) is 0 Å². The molecule has 18 heavy (non-hydrogen) atoms. The molecule has 100 valence electrons. The van der Waals surface area contributed by atoms with Gasteiger partial charge in [-0.15, -0.1) is 0 Å². The third-order valence-corrected chi connectivity index (χ3v) is 3.99. The summed E-state index contributed by atoms with van der Waals surface area (Å²) in [6.45, 7) is 8.12. The number of rotatable bonds is 3. The summed E-state index contributed by atoms with van der Waals surface area (Å²) in [6, 6.07) is 4.92. The van der Waals surface area contributed by atoms with Crippen LogP contribution >= 0.6 is 0 Å². The van der Waals surface area contributed by atoms with E-state index in [0.717, 1.165) is 30.8 Å². The first-order valence-electron chi connectivity index (χ1n) is 6.70. The molecule has 0 spiro atoms. The number of nitrogens with two attached hydrogens (primary N) is 1. The van der Waals surface area contributed by atoms with Gasteiger partial charge in [-0.3, -0.25) is 4.90 Å². The van der Waals surface area contributed by atoms with Gasteiger partial charge in [-0.05, 0) is 54.6 Å². The molecule has 1 aliphatic heterocycles. The summed E-state index contributed by atoms with van der Waals surface area (Å²) in [7, 11) is 0. The molecule has 0 aliphatic carbocycles.